The number of carbonyl (C=O) groups excluding carboxylic acids is 2. The first kappa shape index (κ1) is 40.7. The van der Waals surface area contributed by atoms with E-state index in [1.165, 1.54) is 13.8 Å². The summed E-state index contributed by atoms with van der Waals surface area (Å²) >= 11 is 0. The van der Waals surface area contributed by atoms with Gasteiger partial charge in [0.25, 0.3) is 0 Å². The third kappa shape index (κ3) is 35.2. The monoisotopic (exact) mass is 560 g/mol. The van der Waals surface area contributed by atoms with Crippen molar-refractivity contribution >= 4 is 35.4 Å². The molecule has 0 rings (SSSR count). The summed E-state index contributed by atoms with van der Waals surface area (Å²) in [6.45, 7) is 15.1. The third-order valence-corrected chi connectivity index (χ3v) is 5.42. The van der Waals surface area contributed by atoms with Crippen molar-refractivity contribution in [1.82, 2.24) is 0 Å². The largest absolute Gasteiger partial charge is 0.481 e. The summed E-state index contributed by atoms with van der Waals surface area (Å²) in [7, 11) is 0. The summed E-state index contributed by atoms with van der Waals surface area (Å²) < 4.78 is 0. The second kappa shape index (κ2) is 23.1. The molecule has 0 bridgehead atoms. The van der Waals surface area contributed by atoms with Gasteiger partial charge in [-0.1, -0.05) is 41.5 Å². The van der Waals surface area contributed by atoms with Gasteiger partial charge in [-0.15, -0.1) is 0 Å². The number of rotatable bonds is 18. The molecule has 0 fully saturated rings. The first-order valence-electron chi connectivity index (χ1n) is 13.6. The van der Waals surface area contributed by atoms with E-state index in [0.717, 1.165) is 12.8 Å². The highest BCUT2D eigenvalue weighted by Crippen LogP contribution is 2.21. The number of ketones is 2. The average molecular weight is 561 g/mol. The quantitative estimate of drug-likeness (QED) is 0.160. The second-order valence-corrected chi connectivity index (χ2v) is 11.7. The number of carboxylic acids is 4. The van der Waals surface area contributed by atoms with Crippen LogP contribution in [0.3, 0.4) is 0 Å². The van der Waals surface area contributed by atoms with Gasteiger partial charge in [-0.3, -0.25) is 19.2 Å². The van der Waals surface area contributed by atoms with Crippen LogP contribution in [0.2, 0.25) is 0 Å². The van der Waals surface area contributed by atoms with Crippen molar-refractivity contribution in [3.63, 3.8) is 0 Å². The molecule has 0 aliphatic carbocycles. The maximum absolute atomic E-state index is 10.8. The van der Waals surface area contributed by atoms with Crippen molar-refractivity contribution in [3.05, 3.63) is 0 Å². The predicted molar refractivity (Wildman–Crippen MR) is 148 cm³/mol. The minimum atomic E-state index is -0.924. The zero-order valence-electron chi connectivity index (χ0n) is 25.1. The smallest absolute Gasteiger partial charge is 0.303 e. The molecule has 0 aromatic carbocycles. The van der Waals surface area contributed by atoms with E-state index in [9.17, 15) is 28.8 Å². The highest BCUT2D eigenvalue weighted by molar-refractivity contribution is 5.77. The fourth-order valence-electron chi connectivity index (χ4n) is 4.52. The molecule has 228 valence electrons. The number of hydrogen-bond acceptors (Lipinski definition) is 6. The molecule has 0 aliphatic heterocycles. The van der Waals surface area contributed by atoms with E-state index in [-0.39, 0.29) is 55.0 Å². The topological polar surface area (TPSA) is 183 Å². The number of Topliss-reactive ketones (excluding diaryl/α,β-unsaturated/α-hetero) is 2. The summed E-state index contributed by atoms with van der Waals surface area (Å²) in [5, 5.41) is 34.2. The van der Waals surface area contributed by atoms with Crippen LogP contribution < -0.4 is 0 Å². The SMILES string of the molecule is CC(=O)C[C@@H](CC(=O)O)CC(C)C.CC(=O)C[C@H](CC(=O)O)CC(C)C.CC(C)CC(CC(=O)O)CC(=O)O. The molecule has 0 heterocycles. The van der Waals surface area contributed by atoms with E-state index in [2.05, 4.69) is 0 Å². The van der Waals surface area contributed by atoms with E-state index in [1.807, 2.05) is 41.5 Å². The van der Waals surface area contributed by atoms with Crippen molar-refractivity contribution in [2.75, 3.05) is 0 Å². The van der Waals surface area contributed by atoms with Crippen molar-refractivity contribution in [2.45, 2.75) is 113 Å². The van der Waals surface area contributed by atoms with Crippen LogP contribution in [0.5, 0.6) is 0 Å². The lowest BCUT2D eigenvalue weighted by atomic mass is 9.90. The fraction of sp³-hybridized carbons (Fsp3) is 0.793. The molecular formula is C29H52O10. The van der Waals surface area contributed by atoms with Crippen molar-refractivity contribution < 1.29 is 49.2 Å². The van der Waals surface area contributed by atoms with Gasteiger partial charge in [0.1, 0.15) is 11.6 Å². The lowest BCUT2D eigenvalue weighted by molar-refractivity contribution is -0.141. The Bertz CT molecular complexity index is 607. The van der Waals surface area contributed by atoms with Gasteiger partial charge in [-0.2, -0.15) is 0 Å². The van der Waals surface area contributed by atoms with E-state index in [0.29, 0.717) is 37.0 Å². The molecule has 0 aromatic heterocycles. The fourth-order valence-corrected chi connectivity index (χ4v) is 4.52. The van der Waals surface area contributed by atoms with E-state index >= 15 is 0 Å². The van der Waals surface area contributed by atoms with E-state index < -0.39 is 23.9 Å². The highest BCUT2D eigenvalue weighted by Gasteiger charge is 2.18. The molecule has 0 aliphatic rings. The Morgan fingerprint density at radius 3 is 0.718 bits per heavy atom. The first-order chi connectivity index (χ1) is 17.7. The summed E-state index contributed by atoms with van der Waals surface area (Å²) in [6.07, 6.45) is 3.18. The standard InChI is InChI=1S/2C10H18O3.C9H16O4/c2*1-7(2)4-9(5-8(3)11)6-10(12)13;1-6(2)3-7(4-8(10)11)5-9(12)13/h2*7,9H,4-6H2,1-3H3,(H,12,13);6-7H,3-5H2,1-2H3,(H,10,11)(H,12,13)/t2*9-;/m10./s1. The number of carbonyl (C=O) groups is 6. The summed E-state index contributed by atoms with van der Waals surface area (Å²) in [5.74, 6) is -2.31. The second-order valence-electron chi connectivity index (χ2n) is 11.7. The van der Waals surface area contributed by atoms with Crippen LogP contribution in [-0.4, -0.2) is 55.9 Å². The minimum Gasteiger partial charge on any atom is -0.481 e. The molecule has 0 amide bonds. The molecule has 0 unspecified atom stereocenters. The van der Waals surface area contributed by atoms with Gasteiger partial charge in [0, 0.05) is 38.5 Å². The Morgan fingerprint density at radius 1 is 0.410 bits per heavy atom. The molecule has 2 atom stereocenters. The van der Waals surface area contributed by atoms with E-state index in [1.54, 1.807) is 0 Å². The van der Waals surface area contributed by atoms with Crippen LogP contribution >= 0.6 is 0 Å². The van der Waals surface area contributed by atoms with Crippen LogP contribution in [-0.2, 0) is 28.8 Å². The summed E-state index contributed by atoms with van der Waals surface area (Å²) in [6, 6.07) is 0. The van der Waals surface area contributed by atoms with Gasteiger partial charge in [-0.25, -0.2) is 0 Å². The van der Waals surface area contributed by atoms with Gasteiger partial charge in [-0.05, 0) is 68.6 Å². The molecule has 0 spiro atoms. The van der Waals surface area contributed by atoms with Crippen LogP contribution in [0.4, 0.5) is 0 Å². The van der Waals surface area contributed by atoms with Gasteiger partial charge in [0.2, 0.25) is 0 Å². The lowest BCUT2D eigenvalue weighted by Crippen LogP contribution is -2.14. The van der Waals surface area contributed by atoms with Crippen molar-refractivity contribution in [3.8, 4) is 0 Å². The number of hydrogen-bond donors (Lipinski definition) is 4. The summed E-state index contributed by atoms with van der Waals surface area (Å²) in [4.78, 5) is 63.3. The molecule has 0 saturated heterocycles. The van der Waals surface area contributed by atoms with Crippen LogP contribution in [0.1, 0.15) is 113 Å². The lowest BCUT2D eigenvalue weighted by Gasteiger charge is -2.15. The zero-order valence-corrected chi connectivity index (χ0v) is 25.1. The highest BCUT2D eigenvalue weighted by atomic mass is 16.4. The minimum absolute atomic E-state index is 0.00926. The Hall–Kier alpha value is -2.78. The molecular weight excluding hydrogens is 508 g/mol. The van der Waals surface area contributed by atoms with Gasteiger partial charge >= 0.3 is 23.9 Å². The molecule has 0 aromatic rings. The van der Waals surface area contributed by atoms with Gasteiger partial charge in [0.05, 0.1) is 0 Å². The average Bonchev–Trinajstić information content (AvgIpc) is 2.63. The predicted octanol–water partition coefficient (Wildman–Crippen LogP) is 5.80. The third-order valence-electron chi connectivity index (χ3n) is 5.42. The molecule has 10 heteroatoms. The Balaban J connectivity index is -0.000000498. The van der Waals surface area contributed by atoms with Crippen LogP contribution in [0.25, 0.3) is 0 Å². The zero-order chi connectivity index (χ0) is 31.3. The maximum atomic E-state index is 10.8. The first-order valence-corrected chi connectivity index (χ1v) is 13.6. The van der Waals surface area contributed by atoms with Gasteiger partial charge < -0.3 is 30.0 Å². The molecule has 39 heavy (non-hydrogen) atoms. The van der Waals surface area contributed by atoms with Crippen LogP contribution in [0, 0.1) is 35.5 Å². The van der Waals surface area contributed by atoms with Crippen molar-refractivity contribution in [2.24, 2.45) is 35.5 Å². The van der Waals surface area contributed by atoms with Crippen molar-refractivity contribution in [1.29, 1.82) is 0 Å². The van der Waals surface area contributed by atoms with E-state index in [4.69, 9.17) is 20.4 Å². The number of aliphatic carboxylic acids is 4. The summed E-state index contributed by atoms with van der Waals surface area (Å²) in [5.41, 5.74) is 0. The van der Waals surface area contributed by atoms with Gasteiger partial charge in [0.15, 0.2) is 0 Å². The normalized spacial score (nSPS) is 12.2. The number of carboxylic acid groups (broad SMARTS) is 4. The molecule has 0 radical (unpaired) electrons. The molecule has 10 nitrogen and oxygen atoms in total. The molecule has 0 saturated carbocycles. The molecule has 4 N–H and O–H groups in total. The van der Waals surface area contributed by atoms with Crippen LogP contribution in [0.15, 0.2) is 0 Å². The maximum Gasteiger partial charge on any atom is 0.303 e. The Kier molecular flexibility index (Phi) is 24.2. The Morgan fingerprint density at radius 2 is 0.590 bits per heavy atom. The Labute approximate surface area is 233 Å².